The Balaban J connectivity index is 1.70. The number of anilines is 3. The first kappa shape index (κ1) is 16.1. The van der Waals surface area contributed by atoms with Crippen molar-refractivity contribution in [2.45, 2.75) is 0 Å². The summed E-state index contributed by atoms with van der Waals surface area (Å²) in [7, 11) is 0. The van der Waals surface area contributed by atoms with Gasteiger partial charge in [-0.1, -0.05) is 34.1 Å². The fourth-order valence-electron chi connectivity index (χ4n) is 2.08. The van der Waals surface area contributed by atoms with Gasteiger partial charge in [-0.25, -0.2) is 9.37 Å². The average Bonchev–Trinajstić information content (AvgIpc) is 2.57. The first-order valence-corrected chi connectivity index (χ1v) is 7.95. The molecule has 0 aliphatic carbocycles. The predicted molar refractivity (Wildman–Crippen MR) is 96.0 cm³/mol. The van der Waals surface area contributed by atoms with Crippen molar-refractivity contribution in [3.63, 3.8) is 0 Å². The SMILES string of the molecule is O=C(Nc1ccccc1F)c1ccc(Nc2cccc(Br)c2)cn1. The molecule has 1 aromatic heterocycles. The molecule has 0 fully saturated rings. The Morgan fingerprint density at radius 1 is 1.00 bits per heavy atom. The number of hydrogen-bond donors (Lipinski definition) is 2. The maximum absolute atomic E-state index is 13.6. The van der Waals surface area contributed by atoms with Crippen molar-refractivity contribution in [3.05, 3.63) is 82.8 Å². The van der Waals surface area contributed by atoms with Crippen molar-refractivity contribution < 1.29 is 9.18 Å². The number of benzene rings is 2. The first-order valence-electron chi connectivity index (χ1n) is 7.16. The van der Waals surface area contributed by atoms with E-state index >= 15 is 0 Å². The van der Waals surface area contributed by atoms with Crippen LogP contribution in [-0.4, -0.2) is 10.9 Å². The molecule has 3 rings (SSSR count). The Labute approximate surface area is 146 Å². The van der Waals surface area contributed by atoms with Crippen LogP contribution in [-0.2, 0) is 0 Å². The van der Waals surface area contributed by atoms with Gasteiger partial charge in [0.05, 0.1) is 17.6 Å². The lowest BCUT2D eigenvalue weighted by atomic mass is 10.2. The second kappa shape index (κ2) is 7.23. The molecule has 0 saturated carbocycles. The Morgan fingerprint density at radius 3 is 2.54 bits per heavy atom. The van der Waals surface area contributed by atoms with Crippen molar-refractivity contribution in [3.8, 4) is 0 Å². The van der Waals surface area contributed by atoms with Crippen LogP contribution in [0.1, 0.15) is 10.5 Å². The van der Waals surface area contributed by atoms with Gasteiger partial charge < -0.3 is 10.6 Å². The summed E-state index contributed by atoms with van der Waals surface area (Å²) in [6.07, 6.45) is 1.55. The zero-order valence-electron chi connectivity index (χ0n) is 12.5. The smallest absolute Gasteiger partial charge is 0.274 e. The molecule has 0 atom stereocenters. The largest absolute Gasteiger partial charge is 0.354 e. The first-order chi connectivity index (χ1) is 11.6. The van der Waals surface area contributed by atoms with Gasteiger partial charge in [0.15, 0.2) is 0 Å². The quantitative estimate of drug-likeness (QED) is 0.665. The molecule has 1 amide bonds. The fraction of sp³-hybridized carbons (Fsp3) is 0. The molecule has 120 valence electrons. The number of para-hydroxylation sites is 1. The Bertz CT molecular complexity index is 868. The average molecular weight is 386 g/mol. The maximum atomic E-state index is 13.6. The Morgan fingerprint density at radius 2 is 1.83 bits per heavy atom. The third-order valence-electron chi connectivity index (χ3n) is 3.23. The van der Waals surface area contributed by atoms with Gasteiger partial charge >= 0.3 is 0 Å². The molecule has 6 heteroatoms. The molecule has 0 saturated heterocycles. The van der Waals surface area contributed by atoms with Crippen LogP contribution in [0.2, 0.25) is 0 Å². The molecular weight excluding hydrogens is 373 g/mol. The van der Waals surface area contributed by atoms with Gasteiger partial charge in [0.1, 0.15) is 11.5 Å². The van der Waals surface area contributed by atoms with E-state index in [0.29, 0.717) is 0 Å². The highest BCUT2D eigenvalue weighted by Crippen LogP contribution is 2.20. The zero-order chi connectivity index (χ0) is 16.9. The van der Waals surface area contributed by atoms with Crippen molar-refractivity contribution in [2.75, 3.05) is 10.6 Å². The number of nitrogens with zero attached hydrogens (tertiary/aromatic N) is 1. The molecule has 4 nitrogen and oxygen atoms in total. The maximum Gasteiger partial charge on any atom is 0.274 e. The molecule has 2 aromatic carbocycles. The van der Waals surface area contributed by atoms with Crippen LogP contribution in [0.15, 0.2) is 71.3 Å². The van der Waals surface area contributed by atoms with Crippen LogP contribution < -0.4 is 10.6 Å². The molecule has 3 aromatic rings. The van der Waals surface area contributed by atoms with Crippen LogP contribution in [0.3, 0.4) is 0 Å². The molecule has 0 spiro atoms. The van der Waals surface area contributed by atoms with E-state index in [1.807, 2.05) is 24.3 Å². The van der Waals surface area contributed by atoms with Crippen LogP contribution in [0.4, 0.5) is 21.5 Å². The topological polar surface area (TPSA) is 54.0 Å². The fourth-order valence-corrected chi connectivity index (χ4v) is 2.48. The predicted octanol–water partition coefficient (Wildman–Crippen LogP) is 4.98. The van der Waals surface area contributed by atoms with Crippen molar-refractivity contribution in [1.82, 2.24) is 4.98 Å². The molecule has 0 bridgehead atoms. The minimum absolute atomic E-state index is 0.126. The molecule has 0 aliphatic heterocycles. The molecular formula is C18H13BrFN3O. The number of aromatic nitrogens is 1. The van der Waals surface area contributed by atoms with E-state index in [9.17, 15) is 9.18 Å². The number of halogens is 2. The Kier molecular flexibility index (Phi) is 4.86. The normalized spacial score (nSPS) is 10.2. The minimum atomic E-state index is -0.487. The zero-order valence-corrected chi connectivity index (χ0v) is 14.0. The number of pyridine rings is 1. The van der Waals surface area contributed by atoms with Crippen molar-refractivity contribution in [1.29, 1.82) is 0 Å². The number of carbonyl (C=O) groups excluding carboxylic acids is 1. The highest BCUT2D eigenvalue weighted by atomic mass is 79.9. The molecule has 24 heavy (non-hydrogen) atoms. The van der Waals surface area contributed by atoms with Gasteiger partial charge in [0.25, 0.3) is 5.91 Å². The summed E-state index contributed by atoms with van der Waals surface area (Å²) in [5, 5.41) is 5.69. The van der Waals surface area contributed by atoms with E-state index in [4.69, 9.17) is 0 Å². The van der Waals surface area contributed by atoms with Gasteiger partial charge in [0, 0.05) is 10.2 Å². The molecule has 0 radical (unpaired) electrons. The number of amides is 1. The summed E-state index contributed by atoms with van der Waals surface area (Å²) in [4.78, 5) is 16.2. The number of nitrogens with one attached hydrogen (secondary N) is 2. The monoisotopic (exact) mass is 385 g/mol. The van der Waals surface area contributed by atoms with Crippen molar-refractivity contribution >= 4 is 38.9 Å². The lowest BCUT2D eigenvalue weighted by Gasteiger charge is -2.08. The summed E-state index contributed by atoms with van der Waals surface area (Å²) in [6.45, 7) is 0. The van der Waals surface area contributed by atoms with E-state index in [1.165, 1.54) is 12.1 Å². The van der Waals surface area contributed by atoms with Crippen LogP contribution in [0, 0.1) is 5.82 Å². The van der Waals surface area contributed by atoms with Crippen LogP contribution >= 0.6 is 15.9 Å². The minimum Gasteiger partial charge on any atom is -0.354 e. The second-order valence-corrected chi connectivity index (χ2v) is 5.92. The van der Waals surface area contributed by atoms with Gasteiger partial charge in [-0.3, -0.25) is 4.79 Å². The lowest BCUT2D eigenvalue weighted by molar-refractivity contribution is 0.102. The van der Waals surface area contributed by atoms with E-state index in [-0.39, 0.29) is 11.4 Å². The van der Waals surface area contributed by atoms with Gasteiger partial charge in [-0.05, 0) is 42.5 Å². The Hall–Kier alpha value is -2.73. The number of hydrogen-bond acceptors (Lipinski definition) is 3. The highest BCUT2D eigenvalue weighted by Gasteiger charge is 2.10. The molecule has 1 heterocycles. The van der Waals surface area contributed by atoms with E-state index in [1.54, 1.807) is 30.5 Å². The standard InChI is InChI=1S/C18H13BrFN3O/c19-12-4-3-5-13(10-12)22-14-8-9-17(21-11-14)18(24)23-16-7-2-1-6-15(16)20/h1-11,22H,(H,23,24). The highest BCUT2D eigenvalue weighted by molar-refractivity contribution is 9.10. The molecule has 0 aliphatic rings. The van der Waals surface area contributed by atoms with Gasteiger partial charge in [0.2, 0.25) is 0 Å². The summed E-state index contributed by atoms with van der Waals surface area (Å²) in [5.41, 5.74) is 1.98. The van der Waals surface area contributed by atoms with Gasteiger partial charge in [-0.15, -0.1) is 0 Å². The summed E-state index contributed by atoms with van der Waals surface area (Å²) >= 11 is 3.40. The number of rotatable bonds is 4. The molecule has 0 unspecified atom stereocenters. The summed E-state index contributed by atoms with van der Waals surface area (Å²) < 4.78 is 14.5. The van der Waals surface area contributed by atoms with E-state index in [0.717, 1.165) is 15.8 Å². The third-order valence-corrected chi connectivity index (χ3v) is 3.72. The van der Waals surface area contributed by atoms with Crippen LogP contribution in [0.25, 0.3) is 0 Å². The lowest BCUT2D eigenvalue weighted by Crippen LogP contribution is -2.14. The van der Waals surface area contributed by atoms with Gasteiger partial charge in [-0.2, -0.15) is 0 Å². The molecule has 2 N–H and O–H groups in total. The van der Waals surface area contributed by atoms with E-state index in [2.05, 4.69) is 31.5 Å². The van der Waals surface area contributed by atoms with E-state index < -0.39 is 11.7 Å². The van der Waals surface area contributed by atoms with Crippen LogP contribution in [0.5, 0.6) is 0 Å². The second-order valence-electron chi connectivity index (χ2n) is 5.00. The van der Waals surface area contributed by atoms with Crippen molar-refractivity contribution in [2.24, 2.45) is 0 Å². The number of carbonyl (C=O) groups is 1. The summed E-state index contributed by atoms with van der Waals surface area (Å²) in [5.74, 6) is -0.951. The summed E-state index contributed by atoms with van der Waals surface area (Å²) in [6, 6.07) is 17.0. The third kappa shape index (κ3) is 3.97.